The second kappa shape index (κ2) is 5.75. The second-order valence-corrected chi connectivity index (χ2v) is 6.16. The van der Waals surface area contributed by atoms with E-state index in [-0.39, 0.29) is 5.54 Å². The highest BCUT2D eigenvalue weighted by atomic mass is 79.9. The highest BCUT2D eigenvalue weighted by molar-refractivity contribution is 9.10. The lowest BCUT2D eigenvalue weighted by molar-refractivity contribution is 0.421. The fourth-order valence-electron chi connectivity index (χ4n) is 1.51. The van der Waals surface area contributed by atoms with Gasteiger partial charge in [-0.25, -0.2) is 9.97 Å². The van der Waals surface area contributed by atoms with Crippen molar-refractivity contribution < 1.29 is 0 Å². The SMILES string of the molecule is CC(C)(C)NCc1ccnc(-c2ncccc2Br)n1. The molecular weight excluding hydrogens is 304 g/mol. The summed E-state index contributed by atoms with van der Waals surface area (Å²) in [6, 6.07) is 5.73. The molecule has 0 spiro atoms. The zero-order valence-corrected chi connectivity index (χ0v) is 12.9. The van der Waals surface area contributed by atoms with Gasteiger partial charge in [-0.05, 0) is 54.9 Å². The monoisotopic (exact) mass is 320 g/mol. The van der Waals surface area contributed by atoms with Crippen molar-refractivity contribution >= 4 is 15.9 Å². The van der Waals surface area contributed by atoms with Crippen LogP contribution in [0.25, 0.3) is 11.5 Å². The molecule has 0 saturated heterocycles. The van der Waals surface area contributed by atoms with Crippen molar-refractivity contribution in [3.8, 4) is 11.5 Å². The van der Waals surface area contributed by atoms with Gasteiger partial charge in [-0.15, -0.1) is 0 Å². The van der Waals surface area contributed by atoms with E-state index in [4.69, 9.17) is 0 Å². The Labute approximate surface area is 121 Å². The predicted octanol–water partition coefficient (Wildman–Crippen LogP) is 3.19. The van der Waals surface area contributed by atoms with Crippen molar-refractivity contribution in [2.75, 3.05) is 0 Å². The molecule has 5 heteroatoms. The average molecular weight is 321 g/mol. The van der Waals surface area contributed by atoms with E-state index in [1.165, 1.54) is 0 Å². The van der Waals surface area contributed by atoms with Crippen LogP contribution in [-0.4, -0.2) is 20.5 Å². The third-order valence-corrected chi connectivity index (χ3v) is 3.12. The summed E-state index contributed by atoms with van der Waals surface area (Å²) in [5.41, 5.74) is 1.79. The minimum absolute atomic E-state index is 0.0662. The van der Waals surface area contributed by atoms with E-state index in [2.05, 4.69) is 57.0 Å². The third kappa shape index (κ3) is 4.08. The summed E-state index contributed by atoms with van der Waals surface area (Å²) in [7, 11) is 0. The largest absolute Gasteiger partial charge is 0.306 e. The topological polar surface area (TPSA) is 50.7 Å². The van der Waals surface area contributed by atoms with Gasteiger partial charge < -0.3 is 5.32 Å². The number of pyridine rings is 1. The summed E-state index contributed by atoms with van der Waals surface area (Å²) in [5.74, 6) is 0.640. The lowest BCUT2D eigenvalue weighted by Gasteiger charge is -2.20. The zero-order chi connectivity index (χ0) is 13.9. The van der Waals surface area contributed by atoms with Crippen LogP contribution in [0.3, 0.4) is 0 Å². The first kappa shape index (κ1) is 14.1. The maximum absolute atomic E-state index is 4.54. The summed E-state index contributed by atoms with van der Waals surface area (Å²) in [5, 5.41) is 3.41. The smallest absolute Gasteiger partial charge is 0.179 e. The Bertz CT molecular complexity index is 563. The number of hydrogen-bond acceptors (Lipinski definition) is 4. The molecule has 2 rings (SSSR count). The van der Waals surface area contributed by atoms with Crippen LogP contribution in [0.1, 0.15) is 26.5 Å². The highest BCUT2D eigenvalue weighted by Crippen LogP contribution is 2.22. The van der Waals surface area contributed by atoms with E-state index in [1.54, 1.807) is 12.4 Å². The van der Waals surface area contributed by atoms with Gasteiger partial charge >= 0.3 is 0 Å². The van der Waals surface area contributed by atoms with Crippen LogP contribution >= 0.6 is 15.9 Å². The summed E-state index contributed by atoms with van der Waals surface area (Å²) in [4.78, 5) is 13.1. The predicted molar refractivity (Wildman–Crippen MR) is 79.6 cm³/mol. The summed E-state index contributed by atoms with van der Waals surface area (Å²) in [6.45, 7) is 7.10. The van der Waals surface area contributed by atoms with Gasteiger partial charge in [-0.1, -0.05) is 0 Å². The summed E-state index contributed by atoms with van der Waals surface area (Å²) >= 11 is 3.47. The molecule has 0 radical (unpaired) electrons. The van der Waals surface area contributed by atoms with Crippen LogP contribution in [0.2, 0.25) is 0 Å². The first-order valence-corrected chi connectivity index (χ1v) is 6.93. The molecule has 0 saturated carbocycles. The van der Waals surface area contributed by atoms with Crippen LogP contribution < -0.4 is 5.32 Å². The first-order chi connectivity index (χ1) is 8.96. The molecule has 0 aliphatic heterocycles. The Morgan fingerprint density at radius 3 is 2.63 bits per heavy atom. The van der Waals surface area contributed by atoms with Gasteiger partial charge in [0, 0.05) is 29.0 Å². The van der Waals surface area contributed by atoms with E-state index in [1.807, 2.05) is 18.2 Å². The number of aromatic nitrogens is 3. The molecule has 4 nitrogen and oxygen atoms in total. The van der Waals surface area contributed by atoms with Gasteiger partial charge in [0.15, 0.2) is 5.82 Å². The molecule has 1 N–H and O–H groups in total. The lowest BCUT2D eigenvalue weighted by Crippen LogP contribution is -2.35. The van der Waals surface area contributed by atoms with Crippen LogP contribution in [0, 0.1) is 0 Å². The molecule has 0 fully saturated rings. The fraction of sp³-hybridized carbons (Fsp3) is 0.357. The Morgan fingerprint density at radius 1 is 1.16 bits per heavy atom. The van der Waals surface area contributed by atoms with E-state index >= 15 is 0 Å². The number of hydrogen-bond donors (Lipinski definition) is 1. The molecule has 100 valence electrons. The Hall–Kier alpha value is -1.33. The first-order valence-electron chi connectivity index (χ1n) is 6.13. The Balaban J connectivity index is 2.23. The number of nitrogens with one attached hydrogen (secondary N) is 1. The summed E-state index contributed by atoms with van der Waals surface area (Å²) < 4.78 is 0.899. The van der Waals surface area contributed by atoms with Crippen LogP contribution in [0.4, 0.5) is 0 Å². The quantitative estimate of drug-likeness (QED) is 0.943. The van der Waals surface area contributed by atoms with Crippen LogP contribution in [0.5, 0.6) is 0 Å². The molecule has 2 heterocycles. The van der Waals surface area contributed by atoms with Gasteiger partial charge in [0.2, 0.25) is 0 Å². The van der Waals surface area contributed by atoms with Gasteiger partial charge in [0.1, 0.15) is 5.69 Å². The van der Waals surface area contributed by atoms with Crippen molar-refractivity contribution in [3.63, 3.8) is 0 Å². The minimum atomic E-state index is 0.0662. The van der Waals surface area contributed by atoms with E-state index < -0.39 is 0 Å². The molecule has 0 bridgehead atoms. The maximum atomic E-state index is 4.54. The van der Waals surface area contributed by atoms with Gasteiger partial charge in [-0.3, -0.25) is 4.98 Å². The van der Waals surface area contributed by atoms with Crippen molar-refractivity contribution in [2.24, 2.45) is 0 Å². The Kier molecular flexibility index (Phi) is 4.27. The molecule has 2 aromatic heterocycles. The third-order valence-electron chi connectivity index (χ3n) is 2.48. The van der Waals surface area contributed by atoms with E-state index in [0.29, 0.717) is 12.4 Å². The Morgan fingerprint density at radius 2 is 1.95 bits per heavy atom. The highest BCUT2D eigenvalue weighted by Gasteiger charge is 2.11. The zero-order valence-electron chi connectivity index (χ0n) is 11.3. The summed E-state index contributed by atoms with van der Waals surface area (Å²) in [6.07, 6.45) is 3.51. The molecule has 0 atom stereocenters. The normalized spacial score (nSPS) is 11.6. The average Bonchev–Trinajstić information content (AvgIpc) is 2.36. The van der Waals surface area contributed by atoms with E-state index in [0.717, 1.165) is 15.9 Å². The fourth-order valence-corrected chi connectivity index (χ4v) is 1.95. The van der Waals surface area contributed by atoms with Crippen LogP contribution in [-0.2, 0) is 6.54 Å². The number of rotatable bonds is 3. The van der Waals surface area contributed by atoms with Crippen molar-refractivity contribution in [3.05, 3.63) is 40.8 Å². The maximum Gasteiger partial charge on any atom is 0.179 e. The van der Waals surface area contributed by atoms with Crippen molar-refractivity contribution in [1.82, 2.24) is 20.3 Å². The standard InChI is InChI=1S/C14H17BrN4/c1-14(2,3)18-9-10-6-8-17-13(19-10)12-11(15)5-4-7-16-12/h4-8,18H,9H2,1-3H3. The lowest BCUT2D eigenvalue weighted by atomic mass is 10.1. The van der Waals surface area contributed by atoms with Crippen molar-refractivity contribution in [2.45, 2.75) is 32.9 Å². The minimum Gasteiger partial charge on any atom is -0.306 e. The van der Waals surface area contributed by atoms with Crippen molar-refractivity contribution in [1.29, 1.82) is 0 Å². The van der Waals surface area contributed by atoms with Crippen LogP contribution in [0.15, 0.2) is 35.1 Å². The molecule has 0 amide bonds. The molecular formula is C14H17BrN4. The number of nitrogens with zero attached hydrogens (tertiary/aromatic N) is 3. The molecule has 2 aromatic rings. The van der Waals surface area contributed by atoms with Gasteiger partial charge in [0.25, 0.3) is 0 Å². The molecule has 0 unspecified atom stereocenters. The second-order valence-electron chi connectivity index (χ2n) is 5.31. The molecule has 0 aliphatic carbocycles. The molecule has 0 aliphatic rings. The number of halogens is 1. The van der Waals surface area contributed by atoms with E-state index in [9.17, 15) is 0 Å². The molecule has 0 aromatic carbocycles. The van der Waals surface area contributed by atoms with Gasteiger partial charge in [0.05, 0.1) is 5.69 Å². The molecule has 19 heavy (non-hydrogen) atoms. The van der Waals surface area contributed by atoms with Gasteiger partial charge in [-0.2, -0.15) is 0 Å².